The summed E-state index contributed by atoms with van der Waals surface area (Å²) in [7, 11) is 0. The fraction of sp³-hybridized carbons (Fsp3) is 1.00. The van der Waals surface area contributed by atoms with Gasteiger partial charge in [-0.15, -0.1) is 11.8 Å². The van der Waals surface area contributed by atoms with E-state index in [9.17, 15) is 0 Å². The van der Waals surface area contributed by atoms with Crippen LogP contribution in [-0.2, 0) is 0 Å². The molecule has 2 aliphatic carbocycles. The highest BCUT2D eigenvalue weighted by Crippen LogP contribution is 2.64. The van der Waals surface area contributed by atoms with E-state index in [0.29, 0.717) is 11.0 Å². The summed E-state index contributed by atoms with van der Waals surface area (Å²) in [5.74, 6) is 4.50. The van der Waals surface area contributed by atoms with Crippen LogP contribution in [0.1, 0.15) is 46.0 Å². The molecule has 1 nitrogen and oxygen atoms in total. The van der Waals surface area contributed by atoms with E-state index in [2.05, 4.69) is 30.9 Å². The van der Waals surface area contributed by atoms with E-state index < -0.39 is 0 Å². The Morgan fingerprint density at radius 1 is 1.40 bits per heavy atom. The zero-order valence-corrected chi connectivity index (χ0v) is 10.8. The van der Waals surface area contributed by atoms with Gasteiger partial charge in [0.15, 0.2) is 0 Å². The summed E-state index contributed by atoms with van der Waals surface area (Å²) in [5, 5.41) is 3.87. The van der Waals surface area contributed by atoms with Gasteiger partial charge >= 0.3 is 0 Å². The van der Waals surface area contributed by atoms with Gasteiger partial charge in [-0.05, 0) is 49.4 Å². The van der Waals surface area contributed by atoms with Gasteiger partial charge in [0.2, 0.25) is 0 Å². The van der Waals surface area contributed by atoms with Crippen LogP contribution in [-0.4, -0.2) is 17.2 Å². The third-order valence-corrected chi connectivity index (χ3v) is 6.07. The third-order valence-electron chi connectivity index (χ3n) is 5.02. The molecule has 0 aromatic rings. The van der Waals surface area contributed by atoms with E-state index in [0.717, 1.165) is 11.8 Å². The van der Waals surface area contributed by atoms with Crippen LogP contribution < -0.4 is 5.32 Å². The van der Waals surface area contributed by atoms with Gasteiger partial charge in [0, 0.05) is 17.2 Å². The first-order valence-electron chi connectivity index (χ1n) is 6.49. The van der Waals surface area contributed by atoms with Crippen LogP contribution in [0, 0.1) is 17.3 Å². The molecule has 1 aliphatic heterocycles. The standard InChI is InChI=1S/C13H23NS/c1-10(2)5-12-4-3-11(6-12)7-13(12)8-15-9-14-13/h10-11,14H,3-9H2,1-2H3. The van der Waals surface area contributed by atoms with Crippen LogP contribution in [0.2, 0.25) is 0 Å². The molecule has 3 aliphatic rings. The lowest BCUT2D eigenvalue weighted by atomic mass is 9.66. The van der Waals surface area contributed by atoms with Crippen molar-refractivity contribution >= 4 is 11.8 Å². The van der Waals surface area contributed by atoms with E-state index >= 15 is 0 Å². The summed E-state index contributed by atoms with van der Waals surface area (Å²) in [6.07, 6.45) is 7.48. The van der Waals surface area contributed by atoms with Crippen molar-refractivity contribution in [1.82, 2.24) is 5.32 Å². The molecule has 2 heteroatoms. The van der Waals surface area contributed by atoms with Crippen molar-refractivity contribution in [2.75, 3.05) is 11.6 Å². The highest BCUT2D eigenvalue weighted by Gasteiger charge is 2.61. The highest BCUT2D eigenvalue weighted by atomic mass is 32.2. The molecule has 0 aromatic heterocycles. The lowest BCUT2D eigenvalue weighted by Gasteiger charge is -2.45. The summed E-state index contributed by atoms with van der Waals surface area (Å²) >= 11 is 2.12. The van der Waals surface area contributed by atoms with Gasteiger partial charge in [0.05, 0.1) is 0 Å². The molecule has 3 atom stereocenters. The average Bonchev–Trinajstić information content (AvgIpc) is 2.80. The van der Waals surface area contributed by atoms with Gasteiger partial charge in [-0.2, -0.15) is 0 Å². The molecular weight excluding hydrogens is 202 g/mol. The maximum atomic E-state index is 3.87. The van der Waals surface area contributed by atoms with Gasteiger partial charge in [-0.1, -0.05) is 13.8 Å². The van der Waals surface area contributed by atoms with Crippen LogP contribution in [0.5, 0.6) is 0 Å². The molecule has 2 saturated carbocycles. The Bertz CT molecular complexity index is 257. The second-order valence-corrected chi connectivity index (χ2v) is 7.43. The van der Waals surface area contributed by atoms with Gasteiger partial charge in [0.1, 0.15) is 0 Å². The molecule has 86 valence electrons. The van der Waals surface area contributed by atoms with Crippen molar-refractivity contribution in [2.45, 2.75) is 51.5 Å². The predicted molar refractivity (Wildman–Crippen MR) is 67.0 cm³/mol. The monoisotopic (exact) mass is 225 g/mol. The van der Waals surface area contributed by atoms with E-state index in [1.807, 2.05) is 0 Å². The molecule has 2 bridgehead atoms. The molecule has 0 radical (unpaired) electrons. The maximum absolute atomic E-state index is 3.87. The number of rotatable bonds is 2. The van der Waals surface area contributed by atoms with Crippen molar-refractivity contribution in [2.24, 2.45) is 17.3 Å². The summed E-state index contributed by atoms with van der Waals surface area (Å²) < 4.78 is 0. The lowest BCUT2D eigenvalue weighted by Crippen LogP contribution is -2.54. The number of nitrogens with one attached hydrogen (secondary N) is 1. The number of fused-ring (bicyclic) bond motifs is 3. The minimum Gasteiger partial charge on any atom is -0.301 e. The van der Waals surface area contributed by atoms with Gasteiger partial charge < -0.3 is 5.32 Å². The minimum absolute atomic E-state index is 0.546. The quantitative estimate of drug-likeness (QED) is 0.774. The molecule has 15 heavy (non-hydrogen) atoms. The molecule has 0 aromatic carbocycles. The second kappa shape index (κ2) is 3.40. The molecule has 0 amide bonds. The fourth-order valence-corrected chi connectivity index (χ4v) is 6.01. The highest BCUT2D eigenvalue weighted by molar-refractivity contribution is 7.99. The lowest BCUT2D eigenvalue weighted by molar-refractivity contribution is 0.106. The predicted octanol–water partition coefficient (Wildman–Crippen LogP) is 3.26. The Morgan fingerprint density at radius 2 is 2.27 bits per heavy atom. The molecule has 3 fully saturated rings. The van der Waals surface area contributed by atoms with Crippen LogP contribution in [0.4, 0.5) is 0 Å². The van der Waals surface area contributed by atoms with E-state index in [-0.39, 0.29) is 0 Å². The average molecular weight is 225 g/mol. The normalized spacial score (nSPS) is 48.6. The van der Waals surface area contributed by atoms with Gasteiger partial charge in [-0.3, -0.25) is 0 Å². The zero-order valence-electron chi connectivity index (χ0n) is 10.0. The SMILES string of the molecule is CC(C)CC12CCC(C1)CC21CSCN1. The molecule has 3 rings (SSSR count). The van der Waals surface area contributed by atoms with Crippen molar-refractivity contribution in [1.29, 1.82) is 0 Å². The molecule has 1 saturated heterocycles. The van der Waals surface area contributed by atoms with Crippen LogP contribution in [0.15, 0.2) is 0 Å². The van der Waals surface area contributed by atoms with E-state index in [1.54, 1.807) is 0 Å². The minimum atomic E-state index is 0.546. The summed E-state index contributed by atoms with van der Waals surface area (Å²) in [5.41, 5.74) is 1.22. The smallest absolute Gasteiger partial charge is 0.0423 e. The van der Waals surface area contributed by atoms with Crippen LogP contribution >= 0.6 is 11.8 Å². The number of thioether (sulfide) groups is 1. The first-order chi connectivity index (χ1) is 7.16. The maximum Gasteiger partial charge on any atom is 0.0423 e. The van der Waals surface area contributed by atoms with Gasteiger partial charge in [0.25, 0.3) is 0 Å². The van der Waals surface area contributed by atoms with Gasteiger partial charge in [-0.25, -0.2) is 0 Å². The molecule has 1 heterocycles. The Kier molecular flexibility index (Phi) is 2.37. The Balaban J connectivity index is 1.89. The third kappa shape index (κ3) is 1.40. The van der Waals surface area contributed by atoms with Crippen molar-refractivity contribution in [3.63, 3.8) is 0 Å². The Hall–Kier alpha value is 0.310. The van der Waals surface area contributed by atoms with E-state index in [4.69, 9.17) is 0 Å². The van der Waals surface area contributed by atoms with Crippen molar-refractivity contribution in [3.8, 4) is 0 Å². The number of hydrogen-bond donors (Lipinski definition) is 1. The van der Waals surface area contributed by atoms with Crippen molar-refractivity contribution < 1.29 is 0 Å². The summed E-state index contributed by atoms with van der Waals surface area (Å²) in [6, 6.07) is 0. The summed E-state index contributed by atoms with van der Waals surface area (Å²) in [4.78, 5) is 0. The van der Waals surface area contributed by atoms with Crippen LogP contribution in [0.25, 0.3) is 0 Å². The Labute approximate surface area is 97.8 Å². The van der Waals surface area contributed by atoms with E-state index in [1.165, 1.54) is 43.7 Å². The fourth-order valence-electron chi connectivity index (χ4n) is 4.65. The zero-order chi connectivity index (χ0) is 10.5. The van der Waals surface area contributed by atoms with Crippen molar-refractivity contribution in [3.05, 3.63) is 0 Å². The first kappa shape index (κ1) is 10.5. The number of hydrogen-bond acceptors (Lipinski definition) is 2. The molecule has 1 spiro atoms. The summed E-state index contributed by atoms with van der Waals surface area (Å²) in [6.45, 7) is 4.80. The Morgan fingerprint density at radius 3 is 2.87 bits per heavy atom. The molecule has 1 N–H and O–H groups in total. The van der Waals surface area contributed by atoms with Crippen LogP contribution in [0.3, 0.4) is 0 Å². The molecule has 3 unspecified atom stereocenters. The first-order valence-corrected chi connectivity index (χ1v) is 7.64. The second-order valence-electron chi connectivity index (χ2n) is 6.44. The largest absolute Gasteiger partial charge is 0.301 e. The topological polar surface area (TPSA) is 12.0 Å². The molecular formula is C13H23NS.